The van der Waals surface area contributed by atoms with E-state index in [-0.39, 0.29) is 4.90 Å². The highest BCUT2D eigenvalue weighted by Gasteiger charge is 2.31. The van der Waals surface area contributed by atoms with Crippen LogP contribution >= 0.6 is 11.8 Å². The summed E-state index contributed by atoms with van der Waals surface area (Å²) in [5.41, 5.74) is -0.793. The minimum absolute atomic E-state index is 0.284. The molecule has 0 saturated carbocycles. The molecule has 29 heavy (non-hydrogen) atoms. The molecule has 3 aromatic rings. The summed E-state index contributed by atoms with van der Waals surface area (Å²) in [6.45, 7) is 0. The van der Waals surface area contributed by atoms with Gasteiger partial charge in [0.15, 0.2) is 4.90 Å². The van der Waals surface area contributed by atoms with Crippen LogP contribution in [0, 0.1) is 30.3 Å². The highest BCUT2D eigenvalue weighted by atomic mass is 32.2. The van der Waals surface area contributed by atoms with Crippen LogP contribution in [0.25, 0.3) is 0 Å². The summed E-state index contributed by atoms with van der Waals surface area (Å²) in [5, 5.41) is 37.1. The number of rotatable bonds is 7. The third-order valence-corrected chi connectivity index (χ3v) is 4.99. The average molecular weight is 412 g/mol. The van der Waals surface area contributed by atoms with Crippen molar-refractivity contribution in [3.8, 4) is 0 Å². The molecule has 1 N–H and O–H groups in total. The summed E-state index contributed by atoms with van der Waals surface area (Å²) < 4.78 is 0. The van der Waals surface area contributed by atoms with Crippen LogP contribution in [0.2, 0.25) is 0 Å². The van der Waals surface area contributed by atoms with Gasteiger partial charge in [0.25, 0.3) is 17.1 Å². The zero-order chi connectivity index (χ0) is 21.0. The lowest BCUT2D eigenvalue weighted by molar-refractivity contribution is -0.407. The van der Waals surface area contributed by atoms with Crippen molar-refractivity contribution >= 4 is 40.2 Å². The monoisotopic (exact) mass is 412 g/mol. The van der Waals surface area contributed by atoms with Gasteiger partial charge in [0.1, 0.15) is 0 Å². The van der Waals surface area contributed by atoms with Crippen LogP contribution < -0.4 is 5.32 Å². The number of para-hydroxylation sites is 2. The normalized spacial score (nSPS) is 10.3. The molecule has 11 heteroatoms. The molecule has 0 aromatic heterocycles. The summed E-state index contributed by atoms with van der Waals surface area (Å²) in [5.74, 6) is 0. The molecule has 146 valence electrons. The van der Waals surface area contributed by atoms with Gasteiger partial charge < -0.3 is 5.32 Å². The third-order valence-electron chi connectivity index (χ3n) is 3.79. The highest BCUT2D eigenvalue weighted by Crippen LogP contribution is 2.45. The number of hydrogen-bond acceptors (Lipinski definition) is 8. The first-order valence-electron chi connectivity index (χ1n) is 8.07. The Kier molecular flexibility index (Phi) is 5.69. The van der Waals surface area contributed by atoms with E-state index in [1.165, 1.54) is 0 Å². The maximum absolute atomic E-state index is 11.5. The van der Waals surface area contributed by atoms with Crippen molar-refractivity contribution in [3.63, 3.8) is 0 Å². The number of non-ortho nitro benzene ring substituents is 1. The van der Waals surface area contributed by atoms with Gasteiger partial charge in [0.2, 0.25) is 0 Å². The first-order chi connectivity index (χ1) is 13.9. The van der Waals surface area contributed by atoms with Crippen LogP contribution in [0.1, 0.15) is 0 Å². The number of nitro benzene ring substituents is 3. The van der Waals surface area contributed by atoms with Gasteiger partial charge in [-0.2, -0.15) is 0 Å². The number of hydrogen-bond donors (Lipinski definition) is 1. The maximum Gasteiger partial charge on any atom is 0.297 e. The Morgan fingerprint density at radius 3 is 1.83 bits per heavy atom. The van der Waals surface area contributed by atoms with Crippen LogP contribution in [0.15, 0.2) is 76.5 Å². The molecule has 0 amide bonds. The van der Waals surface area contributed by atoms with Crippen molar-refractivity contribution in [1.82, 2.24) is 0 Å². The van der Waals surface area contributed by atoms with E-state index >= 15 is 0 Å². The lowest BCUT2D eigenvalue weighted by atomic mass is 10.2. The second kappa shape index (κ2) is 8.35. The van der Waals surface area contributed by atoms with E-state index in [1.807, 2.05) is 30.3 Å². The van der Waals surface area contributed by atoms with Crippen LogP contribution in [-0.2, 0) is 0 Å². The Morgan fingerprint density at radius 2 is 1.28 bits per heavy atom. The Balaban J connectivity index is 2.10. The maximum atomic E-state index is 11.5. The molecule has 0 spiro atoms. The average Bonchev–Trinajstić information content (AvgIpc) is 2.69. The van der Waals surface area contributed by atoms with Crippen LogP contribution in [0.4, 0.5) is 28.4 Å². The van der Waals surface area contributed by atoms with Gasteiger partial charge in [-0.3, -0.25) is 30.3 Å². The Morgan fingerprint density at radius 1 is 0.724 bits per heavy atom. The van der Waals surface area contributed by atoms with Crippen LogP contribution in [0.5, 0.6) is 0 Å². The SMILES string of the molecule is O=[N+]([O-])c1cc([N+](=O)[O-])c(Sc2ccccc2Nc2ccccc2)c([N+](=O)[O-])c1. The topological polar surface area (TPSA) is 141 Å². The quantitative estimate of drug-likeness (QED) is 0.406. The fourth-order valence-electron chi connectivity index (χ4n) is 2.51. The molecule has 3 rings (SSSR count). The molecule has 0 aliphatic carbocycles. The van der Waals surface area contributed by atoms with Crippen molar-refractivity contribution in [2.75, 3.05) is 5.32 Å². The Labute approximate surface area is 167 Å². The van der Waals surface area contributed by atoms with E-state index in [2.05, 4.69) is 5.32 Å². The van der Waals surface area contributed by atoms with E-state index in [0.29, 0.717) is 10.6 Å². The van der Waals surface area contributed by atoms with Gasteiger partial charge in [0.05, 0.1) is 32.6 Å². The predicted molar refractivity (Wildman–Crippen MR) is 107 cm³/mol. The molecule has 0 heterocycles. The summed E-state index contributed by atoms with van der Waals surface area (Å²) in [4.78, 5) is 31.5. The lowest BCUT2D eigenvalue weighted by Crippen LogP contribution is -2.00. The highest BCUT2D eigenvalue weighted by molar-refractivity contribution is 7.99. The first-order valence-corrected chi connectivity index (χ1v) is 8.88. The molecule has 0 atom stereocenters. The van der Waals surface area contributed by atoms with Gasteiger partial charge in [-0.05, 0) is 24.3 Å². The smallest absolute Gasteiger partial charge is 0.297 e. The molecule has 0 saturated heterocycles. The van der Waals surface area contributed by atoms with E-state index in [0.717, 1.165) is 29.6 Å². The summed E-state index contributed by atoms with van der Waals surface area (Å²) >= 11 is 0.795. The summed E-state index contributed by atoms with van der Waals surface area (Å²) in [6.07, 6.45) is 0. The van der Waals surface area contributed by atoms with Crippen LogP contribution in [0.3, 0.4) is 0 Å². The summed E-state index contributed by atoms with van der Waals surface area (Å²) in [7, 11) is 0. The molecule has 10 nitrogen and oxygen atoms in total. The minimum atomic E-state index is -0.903. The second-order valence-corrected chi connectivity index (χ2v) is 6.73. The molecule has 3 aromatic carbocycles. The molecular weight excluding hydrogens is 400 g/mol. The minimum Gasteiger partial charge on any atom is -0.355 e. The van der Waals surface area contributed by atoms with Gasteiger partial charge in [-0.25, -0.2) is 0 Å². The molecule has 0 unspecified atom stereocenters. The third kappa shape index (κ3) is 4.47. The zero-order valence-electron chi connectivity index (χ0n) is 14.6. The first kappa shape index (κ1) is 19.8. The zero-order valence-corrected chi connectivity index (χ0v) is 15.4. The number of nitrogens with zero attached hydrogens (tertiary/aromatic N) is 3. The lowest BCUT2D eigenvalue weighted by Gasteiger charge is -2.12. The predicted octanol–water partition coefficient (Wildman–Crippen LogP) is 5.31. The fraction of sp³-hybridized carbons (Fsp3) is 0. The number of anilines is 2. The molecule has 0 fully saturated rings. The molecule has 0 bridgehead atoms. The van der Waals surface area contributed by atoms with Gasteiger partial charge >= 0.3 is 0 Å². The molecule has 0 aliphatic heterocycles. The van der Waals surface area contributed by atoms with E-state index in [1.54, 1.807) is 24.3 Å². The van der Waals surface area contributed by atoms with Gasteiger partial charge in [-0.1, -0.05) is 42.1 Å². The number of nitro groups is 3. The van der Waals surface area contributed by atoms with E-state index in [9.17, 15) is 30.3 Å². The fourth-order valence-corrected chi connectivity index (χ4v) is 3.58. The standard InChI is InChI=1S/C18H12N4O6S/c23-20(24)13-10-15(21(25)26)18(16(11-13)22(27)28)29-17-9-5-4-8-14(17)19-12-6-2-1-3-7-12/h1-11,19H. The molecule has 0 radical (unpaired) electrons. The van der Waals surface area contributed by atoms with Crippen molar-refractivity contribution in [3.05, 3.63) is 97.1 Å². The Hall–Kier alpha value is -3.99. The van der Waals surface area contributed by atoms with E-state index in [4.69, 9.17) is 0 Å². The van der Waals surface area contributed by atoms with Crippen LogP contribution in [-0.4, -0.2) is 14.8 Å². The van der Waals surface area contributed by atoms with E-state index < -0.39 is 31.8 Å². The summed E-state index contributed by atoms with van der Waals surface area (Å²) in [6, 6.07) is 17.4. The van der Waals surface area contributed by atoms with Gasteiger partial charge in [-0.15, -0.1) is 0 Å². The molecular formula is C18H12N4O6S. The molecule has 0 aliphatic rings. The number of benzene rings is 3. The Bertz CT molecular complexity index is 1070. The van der Waals surface area contributed by atoms with Crippen molar-refractivity contribution in [2.45, 2.75) is 9.79 Å². The van der Waals surface area contributed by atoms with Crippen molar-refractivity contribution < 1.29 is 14.8 Å². The van der Waals surface area contributed by atoms with Gasteiger partial charge in [0, 0.05) is 10.6 Å². The van der Waals surface area contributed by atoms with Crippen molar-refractivity contribution in [2.24, 2.45) is 0 Å². The number of nitrogens with one attached hydrogen (secondary N) is 1. The largest absolute Gasteiger partial charge is 0.355 e. The van der Waals surface area contributed by atoms with Crippen molar-refractivity contribution in [1.29, 1.82) is 0 Å². The second-order valence-electron chi connectivity index (χ2n) is 5.67.